The number of hydrogen-bond donors (Lipinski definition) is 2. The summed E-state index contributed by atoms with van der Waals surface area (Å²) in [5.74, 6) is 0.232. The molecule has 0 spiro atoms. The zero-order valence-corrected chi connectivity index (χ0v) is 16.4. The molecule has 3 amide bonds. The van der Waals surface area contributed by atoms with E-state index in [-0.39, 0.29) is 35.8 Å². The molecule has 0 aromatic heterocycles. The van der Waals surface area contributed by atoms with E-state index in [4.69, 9.17) is 0 Å². The summed E-state index contributed by atoms with van der Waals surface area (Å²) in [6, 6.07) is 4.71. The lowest BCUT2D eigenvalue weighted by atomic mass is 9.88. The lowest BCUT2D eigenvalue weighted by Gasteiger charge is -2.40. The Hall–Kier alpha value is -2.11. The number of benzene rings is 1. The van der Waals surface area contributed by atoms with Crippen molar-refractivity contribution in [3.63, 3.8) is 0 Å². The molecule has 1 saturated carbocycles. The van der Waals surface area contributed by atoms with E-state index < -0.39 is 0 Å². The summed E-state index contributed by atoms with van der Waals surface area (Å²) in [6.07, 6.45) is 3.81. The van der Waals surface area contributed by atoms with Gasteiger partial charge in [0.25, 0.3) is 0 Å². The fraction of sp³-hybridized carbons (Fsp3) is 0.619. The highest BCUT2D eigenvalue weighted by Gasteiger charge is 2.36. The number of nitrogens with zero attached hydrogens (tertiary/aromatic N) is 1. The van der Waals surface area contributed by atoms with Gasteiger partial charge < -0.3 is 15.5 Å². The van der Waals surface area contributed by atoms with Gasteiger partial charge in [0.2, 0.25) is 5.91 Å². The van der Waals surface area contributed by atoms with Crippen LogP contribution in [0, 0.1) is 24.6 Å². The number of likely N-dealkylation sites (tertiary alicyclic amines) is 1. The van der Waals surface area contributed by atoms with Gasteiger partial charge in [0.05, 0.1) is 12.0 Å². The summed E-state index contributed by atoms with van der Waals surface area (Å²) in [7, 11) is 0. The average molecular weight is 375 g/mol. The minimum absolute atomic E-state index is 0.0113. The van der Waals surface area contributed by atoms with Gasteiger partial charge in [0, 0.05) is 19.1 Å². The van der Waals surface area contributed by atoms with Gasteiger partial charge in [-0.25, -0.2) is 9.18 Å². The number of nitrogens with one attached hydrogen (secondary N) is 2. The van der Waals surface area contributed by atoms with Crippen LogP contribution < -0.4 is 10.6 Å². The fourth-order valence-corrected chi connectivity index (χ4v) is 3.67. The van der Waals surface area contributed by atoms with Crippen LogP contribution in [0.25, 0.3) is 0 Å². The first-order valence-corrected chi connectivity index (χ1v) is 9.96. The lowest BCUT2D eigenvalue weighted by molar-refractivity contribution is -0.126. The van der Waals surface area contributed by atoms with Crippen LogP contribution in [-0.4, -0.2) is 36.0 Å². The number of amides is 3. The van der Waals surface area contributed by atoms with E-state index in [9.17, 15) is 14.0 Å². The molecule has 27 heavy (non-hydrogen) atoms. The molecule has 1 aromatic carbocycles. The Morgan fingerprint density at radius 1 is 1.22 bits per heavy atom. The van der Waals surface area contributed by atoms with E-state index in [0.717, 1.165) is 18.5 Å². The predicted octanol–water partition coefficient (Wildman–Crippen LogP) is 3.53. The van der Waals surface area contributed by atoms with Crippen LogP contribution in [0.1, 0.15) is 56.7 Å². The third kappa shape index (κ3) is 4.99. The average Bonchev–Trinajstić information content (AvgIpc) is 3.45. The number of carbonyl (C=O) groups is 2. The molecule has 2 atom stereocenters. The molecule has 6 heteroatoms. The van der Waals surface area contributed by atoms with E-state index in [0.29, 0.717) is 24.4 Å². The summed E-state index contributed by atoms with van der Waals surface area (Å²) in [4.78, 5) is 27.1. The normalized spacial score (nSPS) is 22.6. The van der Waals surface area contributed by atoms with E-state index in [1.165, 1.54) is 18.9 Å². The second kappa shape index (κ2) is 8.28. The van der Waals surface area contributed by atoms with Gasteiger partial charge in [0.1, 0.15) is 5.82 Å². The number of urea groups is 1. The third-order valence-electron chi connectivity index (χ3n) is 5.45. The molecular weight excluding hydrogens is 345 g/mol. The van der Waals surface area contributed by atoms with Gasteiger partial charge in [0.15, 0.2) is 0 Å². The smallest absolute Gasteiger partial charge is 0.318 e. The Labute approximate surface area is 160 Å². The van der Waals surface area contributed by atoms with Gasteiger partial charge >= 0.3 is 6.03 Å². The number of rotatable bonds is 5. The first-order valence-electron chi connectivity index (χ1n) is 9.96. The predicted molar refractivity (Wildman–Crippen MR) is 103 cm³/mol. The monoisotopic (exact) mass is 375 g/mol. The number of carbonyl (C=O) groups excluding carboxylic acids is 2. The van der Waals surface area contributed by atoms with Gasteiger partial charge in [-0.05, 0) is 69.6 Å². The van der Waals surface area contributed by atoms with Gasteiger partial charge in [-0.15, -0.1) is 0 Å². The van der Waals surface area contributed by atoms with Gasteiger partial charge in [-0.2, -0.15) is 0 Å². The van der Waals surface area contributed by atoms with E-state index in [1.54, 1.807) is 17.9 Å². The molecule has 2 fully saturated rings. The summed E-state index contributed by atoms with van der Waals surface area (Å²) >= 11 is 0. The van der Waals surface area contributed by atoms with Crippen molar-refractivity contribution in [3.8, 4) is 0 Å². The van der Waals surface area contributed by atoms with Crippen LogP contribution in [0.5, 0.6) is 0 Å². The minimum atomic E-state index is -0.245. The van der Waals surface area contributed by atoms with Crippen LogP contribution in [0.15, 0.2) is 18.2 Å². The summed E-state index contributed by atoms with van der Waals surface area (Å²) in [6.45, 7) is 6.69. The Morgan fingerprint density at radius 2 is 1.96 bits per heavy atom. The number of halogens is 1. The second-order valence-electron chi connectivity index (χ2n) is 8.24. The van der Waals surface area contributed by atoms with Crippen molar-refractivity contribution in [3.05, 3.63) is 35.1 Å². The Balaban J connectivity index is 1.75. The van der Waals surface area contributed by atoms with E-state index in [2.05, 4.69) is 10.6 Å². The molecule has 2 aliphatic rings. The van der Waals surface area contributed by atoms with Crippen molar-refractivity contribution in [1.82, 2.24) is 15.5 Å². The fourth-order valence-electron chi connectivity index (χ4n) is 3.67. The SMILES string of the molecule is Cc1cc([C@@H]2CC[C@H](C(=O)NCC3CC3)CN2C(=O)NC(C)C)ccc1F. The number of piperidine rings is 1. The molecule has 1 aliphatic carbocycles. The quantitative estimate of drug-likeness (QED) is 0.827. The zero-order chi connectivity index (χ0) is 19.6. The maximum atomic E-state index is 13.7. The van der Waals surface area contributed by atoms with E-state index in [1.807, 2.05) is 19.9 Å². The minimum Gasteiger partial charge on any atom is -0.356 e. The highest BCUT2D eigenvalue weighted by Crippen LogP contribution is 2.34. The third-order valence-corrected chi connectivity index (χ3v) is 5.45. The number of hydrogen-bond acceptors (Lipinski definition) is 2. The number of aryl methyl sites for hydroxylation is 1. The first kappa shape index (κ1) is 19.6. The Kier molecular flexibility index (Phi) is 6.02. The largest absolute Gasteiger partial charge is 0.356 e. The molecule has 0 unspecified atom stereocenters. The zero-order valence-electron chi connectivity index (χ0n) is 16.4. The van der Waals surface area contributed by atoms with Crippen molar-refractivity contribution in [1.29, 1.82) is 0 Å². The lowest BCUT2D eigenvalue weighted by Crippen LogP contribution is -2.51. The van der Waals surface area contributed by atoms with Crippen molar-refractivity contribution in [2.45, 2.75) is 58.5 Å². The van der Waals surface area contributed by atoms with Gasteiger partial charge in [-0.1, -0.05) is 12.1 Å². The van der Waals surface area contributed by atoms with Crippen LogP contribution in [0.4, 0.5) is 9.18 Å². The van der Waals surface area contributed by atoms with Crippen molar-refractivity contribution in [2.24, 2.45) is 11.8 Å². The van der Waals surface area contributed by atoms with E-state index >= 15 is 0 Å². The molecule has 5 nitrogen and oxygen atoms in total. The topological polar surface area (TPSA) is 61.4 Å². The molecule has 0 radical (unpaired) electrons. The Bertz CT molecular complexity index is 703. The van der Waals surface area contributed by atoms with Crippen LogP contribution in [0.2, 0.25) is 0 Å². The molecule has 1 aliphatic heterocycles. The molecule has 1 aromatic rings. The maximum absolute atomic E-state index is 13.7. The molecule has 3 rings (SSSR count). The summed E-state index contributed by atoms with van der Waals surface area (Å²) in [5.41, 5.74) is 1.49. The molecule has 1 saturated heterocycles. The molecule has 0 bridgehead atoms. The van der Waals surface area contributed by atoms with Crippen molar-refractivity contribution >= 4 is 11.9 Å². The van der Waals surface area contributed by atoms with Crippen LogP contribution >= 0.6 is 0 Å². The summed E-state index contributed by atoms with van der Waals surface area (Å²) < 4.78 is 13.7. The first-order chi connectivity index (χ1) is 12.8. The van der Waals surface area contributed by atoms with Gasteiger partial charge in [-0.3, -0.25) is 4.79 Å². The summed E-state index contributed by atoms with van der Waals surface area (Å²) in [5, 5.41) is 5.98. The standard InChI is InChI=1S/C21H30FN3O2/c1-13(2)24-21(27)25-12-17(20(26)23-11-15-4-5-15)7-9-19(25)16-6-8-18(22)14(3)10-16/h6,8,10,13,15,17,19H,4-5,7,9,11-12H2,1-3H3,(H,23,26)(H,24,27)/t17-,19-/m0/s1. The van der Waals surface area contributed by atoms with Crippen molar-refractivity contribution in [2.75, 3.05) is 13.1 Å². The molecule has 1 heterocycles. The molecule has 148 valence electrons. The maximum Gasteiger partial charge on any atom is 0.318 e. The second-order valence-corrected chi connectivity index (χ2v) is 8.24. The Morgan fingerprint density at radius 3 is 2.59 bits per heavy atom. The van der Waals surface area contributed by atoms with Crippen LogP contribution in [0.3, 0.4) is 0 Å². The highest BCUT2D eigenvalue weighted by atomic mass is 19.1. The molecule has 2 N–H and O–H groups in total. The molecular formula is C21H30FN3O2. The van der Waals surface area contributed by atoms with Crippen molar-refractivity contribution < 1.29 is 14.0 Å². The highest BCUT2D eigenvalue weighted by molar-refractivity contribution is 5.81. The van der Waals surface area contributed by atoms with Crippen LogP contribution in [-0.2, 0) is 4.79 Å².